The molecule has 6 heteroatoms. The SMILES string of the molecule is C[C@@H]1COCCO[C@H](C)C2CNCC(C2)C2NNC3CCC(CC32)O1. The molecule has 4 fully saturated rings. The van der Waals surface area contributed by atoms with E-state index in [0.717, 1.165) is 25.9 Å². The van der Waals surface area contributed by atoms with E-state index in [4.69, 9.17) is 14.2 Å². The lowest BCUT2D eigenvalue weighted by molar-refractivity contribution is -0.0782. The predicted octanol–water partition coefficient (Wildman–Crippen LogP) is 1.07. The summed E-state index contributed by atoms with van der Waals surface area (Å²) >= 11 is 0. The minimum absolute atomic E-state index is 0.158. The van der Waals surface area contributed by atoms with E-state index in [1.54, 1.807) is 0 Å². The minimum atomic E-state index is 0.158. The number of hydrazine groups is 1. The molecule has 1 saturated carbocycles. The molecule has 6 nitrogen and oxygen atoms in total. The summed E-state index contributed by atoms with van der Waals surface area (Å²) in [5, 5.41) is 3.66. The Morgan fingerprint density at radius 3 is 2.72 bits per heavy atom. The fraction of sp³-hybridized carbons (Fsp3) is 1.00. The Balaban J connectivity index is 1.49. The van der Waals surface area contributed by atoms with Gasteiger partial charge in [-0.1, -0.05) is 0 Å². The molecular formula is C19H35N3O3. The molecule has 0 aromatic carbocycles. The maximum absolute atomic E-state index is 6.31. The van der Waals surface area contributed by atoms with E-state index in [2.05, 4.69) is 30.0 Å². The van der Waals surface area contributed by atoms with Gasteiger partial charge in [0.1, 0.15) is 0 Å². The highest BCUT2D eigenvalue weighted by Crippen LogP contribution is 2.37. The summed E-state index contributed by atoms with van der Waals surface area (Å²) in [4.78, 5) is 0. The molecule has 4 rings (SSSR count). The van der Waals surface area contributed by atoms with Gasteiger partial charge in [0.05, 0.1) is 38.1 Å². The van der Waals surface area contributed by atoms with Gasteiger partial charge in [-0.25, -0.2) is 0 Å². The van der Waals surface area contributed by atoms with Gasteiger partial charge < -0.3 is 19.5 Å². The first-order chi connectivity index (χ1) is 12.2. The smallest absolute Gasteiger partial charge is 0.0784 e. The summed E-state index contributed by atoms with van der Waals surface area (Å²) in [5.74, 6) is 1.91. The molecule has 3 aliphatic heterocycles. The van der Waals surface area contributed by atoms with Crippen LogP contribution in [0.5, 0.6) is 0 Å². The molecule has 3 saturated heterocycles. The molecule has 6 unspecified atom stereocenters. The highest BCUT2D eigenvalue weighted by Gasteiger charge is 2.45. The lowest BCUT2D eigenvalue weighted by atomic mass is 9.73. The maximum Gasteiger partial charge on any atom is 0.0784 e. The summed E-state index contributed by atoms with van der Waals surface area (Å²) in [5.41, 5.74) is 7.23. The quantitative estimate of drug-likeness (QED) is 0.605. The van der Waals surface area contributed by atoms with Crippen LogP contribution < -0.4 is 16.2 Å². The van der Waals surface area contributed by atoms with Crippen LogP contribution in [0.15, 0.2) is 0 Å². The van der Waals surface area contributed by atoms with Crippen LogP contribution in [0.3, 0.4) is 0 Å². The number of fused-ring (bicyclic) bond motifs is 4. The topological polar surface area (TPSA) is 63.8 Å². The normalized spacial score (nSPS) is 49.2. The van der Waals surface area contributed by atoms with Crippen LogP contribution in [0.4, 0.5) is 0 Å². The van der Waals surface area contributed by atoms with Crippen LogP contribution in [0.2, 0.25) is 0 Å². The largest absolute Gasteiger partial charge is 0.376 e. The van der Waals surface area contributed by atoms with Crippen LogP contribution in [0.25, 0.3) is 0 Å². The van der Waals surface area contributed by atoms with Crippen molar-refractivity contribution in [3.63, 3.8) is 0 Å². The molecule has 4 aliphatic rings. The summed E-state index contributed by atoms with van der Waals surface area (Å²) in [7, 11) is 0. The zero-order valence-electron chi connectivity index (χ0n) is 15.7. The van der Waals surface area contributed by atoms with Crippen LogP contribution >= 0.6 is 0 Å². The zero-order valence-corrected chi connectivity index (χ0v) is 15.7. The van der Waals surface area contributed by atoms with Crippen molar-refractivity contribution >= 4 is 0 Å². The van der Waals surface area contributed by atoms with Crippen molar-refractivity contribution in [1.29, 1.82) is 0 Å². The Morgan fingerprint density at radius 2 is 1.80 bits per heavy atom. The first-order valence-electron chi connectivity index (χ1n) is 10.3. The molecule has 25 heavy (non-hydrogen) atoms. The Bertz CT molecular complexity index is 438. The van der Waals surface area contributed by atoms with Crippen molar-refractivity contribution in [2.75, 3.05) is 32.9 Å². The molecule has 1 aliphatic carbocycles. The summed E-state index contributed by atoms with van der Waals surface area (Å²) in [6.45, 7) is 8.52. The van der Waals surface area contributed by atoms with E-state index in [9.17, 15) is 0 Å². The van der Waals surface area contributed by atoms with Gasteiger partial charge in [0.2, 0.25) is 0 Å². The molecule has 3 heterocycles. The first kappa shape index (κ1) is 18.1. The van der Waals surface area contributed by atoms with Crippen LogP contribution in [0.1, 0.15) is 39.5 Å². The third-order valence-corrected chi connectivity index (χ3v) is 6.72. The van der Waals surface area contributed by atoms with Gasteiger partial charge in [0.15, 0.2) is 0 Å². The van der Waals surface area contributed by atoms with E-state index in [-0.39, 0.29) is 12.2 Å². The third kappa shape index (κ3) is 4.20. The van der Waals surface area contributed by atoms with Crippen LogP contribution in [-0.4, -0.2) is 63.3 Å². The van der Waals surface area contributed by atoms with Gasteiger partial charge in [0.25, 0.3) is 0 Å². The maximum atomic E-state index is 6.31. The fourth-order valence-electron chi connectivity index (χ4n) is 5.33. The minimum Gasteiger partial charge on any atom is -0.376 e. The third-order valence-electron chi connectivity index (χ3n) is 6.72. The number of nitrogens with one attached hydrogen (secondary N) is 3. The number of ether oxygens (including phenoxy) is 3. The second-order valence-electron chi connectivity index (χ2n) is 8.53. The predicted molar refractivity (Wildman–Crippen MR) is 96.2 cm³/mol. The van der Waals surface area contributed by atoms with Crippen molar-refractivity contribution in [2.24, 2.45) is 17.8 Å². The number of piperidine rings is 1. The Morgan fingerprint density at radius 1 is 0.920 bits per heavy atom. The number of hydrogen-bond donors (Lipinski definition) is 3. The standard InChI is InChI=1S/C19H35N3O3/c1-12-11-23-5-6-24-13(2)14-7-15(10-20-9-14)19-17-8-16(25-12)3-4-18(17)21-22-19/h12-22H,3-11H2,1-2H3/t12-,13-,14?,15?,16?,17?,18?,19?/m1/s1. The summed E-state index contributed by atoms with van der Waals surface area (Å²) < 4.78 is 18.1. The molecule has 0 amide bonds. The van der Waals surface area contributed by atoms with Gasteiger partial charge >= 0.3 is 0 Å². The van der Waals surface area contributed by atoms with E-state index < -0.39 is 0 Å². The average Bonchev–Trinajstić information content (AvgIpc) is 3.04. The van der Waals surface area contributed by atoms with E-state index in [0.29, 0.717) is 55.8 Å². The molecule has 4 bridgehead atoms. The average molecular weight is 354 g/mol. The molecule has 144 valence electrons. The van der Waals surface area contributed by atoms with Crippen LogP contribution in [0, 0.1) is 17.8 Å². The second kappa shape index (κ2) is 8.19. The van der Waals surface area contributed by atoms with Crippen LogP contribution in [-0.2, 0) is 14.2 Å². The van der Waals surface area contributed by atoms with Gasteiger partial charge in [-0.15, -0.1) is 0 Å². The van der Waals surface area contributed by atoms with Crippen molar-refractivity contribution in [3.8, 4) is 0 Å². The van der Waals surface area contributed by atoms with E-state index in [1.165, 1.54) is 12.8 Å². The number of hydrogen-bond acceptors (Lipinski definition) is 6. The molecule has 3 N–H and O–H groups in total. The molecule has 0 aromatic heterocycles. The van der Waals surface area contributed by atoms with Crippen molar-refractivity contribution < 1.29 is 14.2 Å². The Kier molecular flexibility index (Phi) is 5.94. The van der Waals surface area contributed by atoms with Gasteiger partial charge in [-0.2, -0.15) is 0 Å². The number of rotatable bonds is 0. The lowest BCUT2D eigenvalue weighted by Crippen LogP contribution is -2.50. The van der Waals surface area contributed by atoms with Crippen molar-refractivity contribution in [1.82, 2.24) is 16.2 Å². The first-order valence-corrected chi connectivity index (χ1v) is 10.3. The van der Waals surface area contributed by atoms with Gasteiger partial charge in [0, 0.05) is 18.6 Å². The van der Waals surface area contributed by atoms with Gasteiger partial charge in [-0.3, -0.25) is 10.9 Å². The van der Waals surface area contributed by atoms with Gasteiger partial charge in [-0.05, 0) is 63.8 Å². The Hall–Kier alpha value is -0.240. The monoisotopic (exact) mass is 353 g/mol. The lowest BCUT2D eigenvalue weighted by Gasteiger charge is -2.40. The highest BCUT2D eigenvalue weighted by atomic mass is 16.6. The fourth-order valence-corrected chi connectivity index (χ4v) is 5.33. The van der Waals surface area contributed by atoms with E-state index in [1.807, 2.05) is 0 Å². The van der Waals surface area contributed by atoms with Crippen molar-refractivity contribution in [2.45, 2.75) is 69.9 Å². The molecule has 8 atom stereocenters. The van der Waals surface area contributed by atoms with Crippen molar-refractivity contribution in [3.05, 3.63) is 0 Å². The zero-order chi connectivity index (χ0) is 17.2. The molecule has 0 aromatic rings. The second-order valence-corrected chi connectivity index (χ2v) is 8.53. The molecule has 0 radical (unpaired) electrons. The summed E-state index contributed by atoms with van der Waals surface area (Å²) in [6.07, 6.45) is 5.56. The highest BCUT2D eigenvalue weighted by molar-refractivity contribution is 5.00. The molecular weight excluding hydrogens is 318 g/mol. The molecule has 0 spiro atoms. The summed E-state index contributed by atoms with van der Waals surface area (Å²) in [6, 6.07) is 1.14. The van der Waals surface area contributed by atoms with E-state index >= 15 is 0 Å². The Labute approximate surface area is 151 Å².